The highest BCUT2D eigenvalue weighted by Gasteiger charge is 2.12. The van der Waals surface area contributed by atoms with Crippen LogP contribution in [0, 0.1) is 0 Å². The molecular weight excluding hydrogens is 330 g/mol. The molecule has 2 aromatic carbocycles. The fraction of sp³-hybridized carbons (Fsp3) is 0.278. The molecule has 1 amide bonds. The maximum atomic E-state index is 12.4. The van der Waals surface area contributed by atoms with E-state index in [-0.39, 0.29) is 5.91 Å². The molecule has 0 saturated carbocycles. The van der Waals surface area contributed by atoms with Crippen LogP contribution in [0.15, 0.2) is 36.4 Å². The number of hydrogen-bond donors (Lipinski definition) is 1. The second-order valence-electron chi connectivity index (χ2n) is 4.99. The summed E-state index contributed by atoms with van der Waals surface area (Å²) in [7, 11) is 3.14. The number of benzene rings is 2. The predicted octanol–water partition coefficient (Wildman–Crippen LogP) is 4.15. The van der Waals surface area contributed by atoms with E-state index < -0.39 is 0 Å². The van der Waals surface area contributed by atoms with Crippen molar-refractivity contribution in [3.63, 3.8) is 0 Å². The lowest BCUT2D eigenvalue weighted by Gasteiger charge is -2.12. The van der Waals surface area contributed by atoms with E-state index >= 15 is 0 Å². The van der Waals surface area contributed by atoms with Crippen LogP contribution in [0.5, 0.6) is 11.5 Å². The molecule has 6 heteroatoms. The highest BCUT2D eigenvalue weighted by Crippen LogP contribution is 2.28. The summed E-state index contributed by atoms with van der Waals surface area (Å²) in [6, 6.07) is 10.3. The van der Waals surface area contributed by atoms with E-state index in [1.807, 2.05) is 6.92 Å². The van der Waals surface area contributed by atoms with Crippen LogP contribution in [0.2, 0.25) is 5.02 Å². The third-order valence-corrected chi connectivity index (χ3v) is 3.63. The van der Waals surface area contributed by atoms with E-state index in [0.717, 1.165) is 5.56 Å². The average Bonchev–Trinajstić information content (AvgIpc) is 2.57. The lowest BCUT2D eigenvalue weighted by molar-refractivity contribution is 0.102. The Morgan fingerprint density at radius 1 is 1.12 bits per heavy atom. The molecule has 5 nitrogen and oxygen atoms in total. The van der Waals surface area contributed by atoms with Gasteiger partial charge in [0, 0.05) is 23.9 Å². The summed E-state index contributed by atoms with van der Waals surface area (Å²) in [5.41, 5.74) is 1.92. The van der Waals surface area contributed by atoms with Gasteiger partial charge >= 0.3 is 0 Å². The van der Waals surface area contributed by atoms with Gasteiger partial charge in [0.1, 0.15) is 11.5 Å². The molecule has 0 heterocycles. The maximum Gasteiger partial charge on any atom is 0.255 e. The summed E-state index contributed by atoms with van der Waals surface area (Å²) in [5.74, 6) is 1.03. The quantitative estimate of drug-likeness (QED) is 0.816. The van der Waals surface area contributed by atoms with Gasteiger partial charge in [0.2, 0.25) is 0 Å². The van der Waals surface area contributed by atoms with Crippen LogP contribution in [0.1, 0.15) is 22.8 Å². The second-order valence-corrected chi connectivity index (χ2v) is 5.40. The van der Waals surface area contributed by atoms with Crippen LogP contribution in [0.3, 0.4) is 0 Å². The van der Waals surface area contributed by atoms with Gasteiger partial charge in [0.15, 0.2) is 0 Å². The number of rotatable bonds is 7. The topological polar surface area (TPSA) is 56.8 Å². The Kier molecular flexibility index (Phi) is 6.46. The van der Waals surface area contributed by atoms with Crippen LogP contribution < -0.4 is 14.8 Å². The van der Waals surface area contributed by atoms with Crippen molar-refractivity contribution in [1.82, 2.24) is 0 Å². The number of nitrogens with one attached hydrogen (secondary N) is 1. The highest BCUT2D eigenvalue weighted by atomic mass is 35.5. The summed E-state index contributed by atoms with van der Waals surface area (Å²) in [5, 5.41) is 3.24. The van der Waals surface area contributed by atoms with Crippen LogP contribution in [0.4, 0.5) is 5.69 Å². The van der Waals surface area contributed by atoms with E-state index in [4.69, 9.17) is 25.8 Å². The SMILES string of the molecule is CCOc1ccc(C(=O)Nc2ccc(OC)c(Cl)c2)cc1COC. The van der Waals surface area contributed by atoms with Gasteiger partial charge in [-0.3, -0.25) is 4.79 Å². The van der Waals surface area contributed by atoms with Crippen molar-refractivity contribution >= 4 is 23.2 Å². The van der Waals surface area contributed by atoms with Crippen LogP contribution >= 0.6 is 11.6 Å². The Morgan fingerprint density at radius 2 is 1.88 bits per heavy atom. The van der Waals surface area contributed by atoms with Crippen molar-refractivity contribution in [1.29, 1.82) is 0 Å². The number of hydrogen-bond acceptors (Lipinski definition) is 4. The molecule has 128 valence electrons. The number of carbonyl (C=O) groups is 1. The van der Waals surface area contributed by atoms with Gasteiger partial charge in [0.05, 0.1) is 25.3 Å². The van der Waals surface area contributed by atoms with Crippen molar-refractivity contribution in [2.45, 2.75) is 13.5 Å². The van der Waals surface area contributed by atoms with Crippen LogP contribution in [0.25, 0.3) is 0 Å². The first kappa shape index (κ1) is 18.1. The van der Waals surface area contributed by atoms with E-state index in [2.05, 4.69) is 5.32 Å². The summed E-state index contributed by atoms with van der Waals surface area (Å²) in [4.78, 5) is 12.4. The number of carbonyl (C=O) groups excluding carboxylic acids is 1. The van der Waals surface area contributed by atoms with E-state index in [0.29, 0.717) is 41.0 Å². The molecule has 0 aromatic heterocycles. The van der Waals surface area contributed by atoms with Crippen molar-refractivity contribution < 1.29 is 19.0 Å². The number of halogens is 1. The number of ether oxygens (including phenoxy) is 3. The monoisotopic (exact) mass is 349 g/mol. The summed E-state index contributed by atoms with van der Waals surface area (Å²) in [6.07, 6.45) is 0. The fourth-order valence-electron chi connectivity index (χ4n) is 2.23. The zero-order chi connectivity index (χ0) is 17.5. The second kappa shape index (κ2) is 8.57. The molecule has 24 heavy (non-hydrogen) atoms. The molecule has 0 aliphatic rings. The molecule has 2 rings (SSSR count). The molecule has 0 radical (unpaired) electrons. The van der Waals surface area contributed by atoms with Gasteiger partial charge in [-0.25, -0.2) is 0 Å². The molecule has 0 aliphatic carbocycles. The molecular formula is C18H20ClNO4. The Morgan fingerprint density at radius 3 is 2.50 bits per heavy atom. The van der Waals surface area contributed by atoms with Crippen molar-refractivity contribution in [3.8, 4) is 11.5 Å². The molecule has 1 N–H and O–H groups in total. The van der Waals surface area contributed by atoms with Crippen molar-refractivity contribution in [2.24, 2.45) is 0 Å². The first-order valence-electron chi connectivity index (χ1n) is 7.48. The lowest BCUT2D eigenvalue weighted by atomic mass is 10.1. The molecule has 2 aromatic rings. The first-order chi connectivity index (χ1) is 11.6. The maximum absolute atomic E-state index is 12.4. The molecule has 0 spiro atoms. The molecule has 0 unspecified atom stereocenters. The van der Waals surface area contributed by atoms with E-state index in [1.54, 1.807) is 43.5 Å². The highest BCUT2D eigenvalue weighted by molar-refractivity contribution is 6.32. The largest absolute Gasteiger partial charge is 0.495 e. The lowest BCUT2D eigenvalue weighted by Crippen LogP contribution is -2.12. The standard InChI is InChI=1S/C18H20ClNO4/c1-4-24-16-7-5-12(9-13(16)11-22-2)18(21)20-14-6-8-17(23-3)15(19)10-14/h5-10H,4,11H2,1-3H3,(H,20,21). The minimum Gasteiger partial charge on any atom is -0.495 e. The molecule has 0 atom stereocenters. The molecule has 0 fully saturated rings. The zero-order valence-electron chi connectivity index (χ0n) is 13.9. The minimum atomic E-state index is -0.239. The summed E-state index contributed by atoms with van der Waals surface area (Å²) < 4.78 is 15.8. The first-order valence-corrected chi connectivity index (χ1v) is 7.86. The Hall–Kier alpha value is -2.24. The van der Waals surface area contributed by atoms with Gasteiger partial charge in [0.25, 0.3) is 5.91 Å². The van der Waals surface area contributed by atoms with Crippen molar-refractivity contribution in [3.05, 3.63) is 52.5 Å². The van der Waals surface area contributed by atoms with E-state index in [1.165, 1.54) is 7.11 Å². The third-order valence-electron chi connectivity index (χ3n) is 3.33. The minimum absolute atomic E-state index is 0.239. The van der Waals surface area contributed by atoms with Gasteiger partial charge < -0.3 is 19.5 Å². The van der Waals surface area contributed by atoms with Crippen molar-refractivity contribution in [2.75, 3.05) is 26.1 Å². The fourth-order valence-corrected chi connectivity index (χ4v) is 2.49. The van der Waals surface area contributed by atoms with E-state index in [9.17, 15) is 4.79 Å². The molecule has 0 saturated heterocycles. The van der Waals surface area contributed by atoms with Gasteiger partial charge in [-0.15, -0.1) is 0 Å². The van der Waals surface area contributed by atoms with Gasteiger partial charge in [-0.2, -0.15) is 0 Å². The Balaban J connectivity index is 2.19. The average molecular weight is 350 g/mol. The zero-order valence-corrected chi connectivity index (χ0v) is 14.6. The number of amides is 1. The molecule has 0 aliphatic heterocycles. The Bertz CT molecular complexity index is 718. The summed E-state index contributed by atoms with van der Waals surface area (Å²) in [6.45, 7) is 2.82. The number of methoxy groups -OCH3 is 2. The normalized spacial score (nSPS) is 10.3. The number of anilines is 1. The smallest absolute Gasteiger partial charge is 0.255 e. The third kappa shape index (κ3) is 4.40. The van der Waals surface area contributed by atoms with Gasteiger partial charge in [-0.1, -0.05) is 11.6 Å². The molecule has 0 bridgehead atoms. The predicted molar refractivity (Wildman–Crippen MR) is 94.3 cm³/mol. The Labute approximate surface area is 146 Å². The summed E-state index contributed by atoms with van der Waals surface area (Å²) >= 11 is 6.07. The van der Waals surface area contributed by atoms with Crippen LogP contribution in [-0.4, -0.2) is 26.7 Å². The van der Waals surface area contributed by atoms with Gasteiger partial charge in [-0.05, 0) is 43.3 Å². The van der Waals surface area contributed by atoms with Crippen LogP contribution in [-0.2, 0) is 11.3 Å².